The van der Waals surface area contributed by atoms with Gasteiger partial charge in [0.25, 0.3) is 0 Å². The molecule has 1 saturated heterocycles. The fraction of sp³-hybridized carbons (Fsp3) is 0.294. The lowest BCUT2D eigenvalue weighted by Crippen LogP contribution is -2.47. The lowest BCUT2D eigenvalue weighted by molar-refractivity contribution is -0.0197. The average Bonchev–Trinajstić information content (AvgIpc) is 2.57. The van der Waals surface area contributed by atoms with Gasteiger partial charge in [-0.15, -0.1) is 0 Å². The van der Waals surface area contributed by atoms with Gasteiger partial charge in [0.1, 0.15) is 0 Å². The quantitative estimate of drug-likeness (QED) is 0.873. The summed E-state index contributed by atoms with van der Waals surface area (Å²) in [5.74, 6) is 0.457. The number of nitrogens with zero attached hydrogens (tertiary/aromatic N) is 2. The number of carbonyl (C=O) groups excluding carboxylic acids is 1. The van der Waals surface area contributed by atoms with Crippen LogP contribution in [0.2, 0.25) is 0 Å². The van der Waals surface area contributed by atoms with Crippen molar-refractivity contribution in [1.29, 1.82) is 0 Å². The molecule has 2 heterocycles. The maximum atomic E-state index is 12.2. The number of carbonyl (C=O) groups is 1. The standard InChI is InChI=1S/C17H18N2O3/c20-17(22-15-7-4-8-18-12-15)19-9-10-21-16(13-19)11-14-5-2-1-3-6-14/h1-8,12,16H,9-11,13H2. The predicted molar refractivity (Wildman–Crippen MR) is 81.7 cm³/mol. The fourth-order valence-corrected chi connectivity index (χ4v) is 2.46. The maximum absolute atomic E-state index is 12.2. The molecule has 22 heavy (non-hydrogen) atoms. The van der Waals surface area contributed by atoms with E-state index in [9.17, 15) is 4.79 Å². The van der Waals surface area contributed by atoms with Crippen LogP contribution in [0.5, 0.6) is 5.75 Å². The van der Waals surface area contributed by atoms with Crippen LogP contribution in [0.3, 0.4) is 0 Å². The SMILES string of the molecule is O=C(Oc1cccnc1)N1CCOC(Cc2ccccc2)C1. The van der Waals surface area contributed by atoms with Gasteiger partial charge in [0.2, 0.25) is 0 Å². The Morgan fingerprint density at radius 2 is 2.14 bits per heavy atom. The van der Waals surface area contributed by atoms with Crippen LogP contribution >= 0.6 is 0 Å². The molecule has 1 aromatic carbocycles. The first-order valence-electron chi connectivity index (χ1n) is 7.33. The minimum atomic E-state index is -0.352. The van der Waals surface area contributed by atoms with E-state index >= 15 is 0 Å². The molecule has 0 aliphatic carbocycles. The van der Waals surface area contributed by atoms with Crippen molar-refractivity contribution in [1.82, 2.24) is 9.88 Å². The van der Waals surface area contributed by atoms with Crippen molar-refractivity contribution < 1.29 is 14.3 Å². The number of amides is 1. The second kappa shape index (κ2) is 7.04. The lowest BCUT2D eigenvalue weighted by atomic mass is 10.1. The minimum absolute atomic E-state index is 0.00222. The van der Waals surface area contributed by atoms with E-state index in [1.165, 1.54) is 11.8 Å². The topological polar surface area (TPSA) is 51.7 Å². The Morgan fingerprint density at radius 1 is 1.27 bits per heavy atom. The van der Waals surface area contributed by atoms with Crippen LogP contribution in [-0.4, -0.2) is 41.8 Å². The van der Waals surface area contributed by atoms with Gasteiger partial charge in [-0.25, -0.2) is 4.79 Å². The van der Waals surface area contributed by atoms with Gasteiger partial charge >= 0.3 is 6.09 Å². The molecule has 0 radical (unpaired) electrons. The largest absolute Gasteiger partial charge is 0.415 e. The monoisotopic (exact) mass is 298 g/mol. The molecule has 1 aromatic heterocycles. The van der Waals surface area contributed by atoms with Crippen LogP contribution in [0.4, 0.5) is 4.79 Å². The summed E-state index contributed by atoms with van der Waals surface area (Å²) in [7, 11) is 0. The smallest absolute Gasteiger partial charge is 0.409 e. The Bertz CT molecular complexity index is 604. The Balaban J connectivity index is 1.57. The zero-order valence-corrected chi connectivity index (χ0v) is 12.2. The molecule has 114 valence electrons. The summed E-state index contributed by atoms with van der Waals surface area (Å²) in [5.41, 5.74) is 1.20. The molecule has 1 amide bonds. The molecular weight excluding hydrogens is 280 g/mol. The van der Waals surface area contributed by atoms with Gasteiger partial charge in [0.05, 0.1) is 25.5 Å². The van der Waals surface area contributed by atoms with E-state index in [4.69, 9.17) is 9.47 Å². The van der Waals surface area contributed by atoms with Crippen molar-refractivity contribution in [2.45, 2.75) is 12.5 Å². The summed E-state index contributed by atoms with van der Waals surface area (Å²) in [6.45, 7) is 1.61. The van der Waals surface area contributed by atoms with Crippen molar-refractivity contribution in [3.63, 3.8) is 0 Å². The van der Waals surface area contributed by atoms with Crippen molar-refractivity contribution in [3.8, 4) is 5.75 Å². The van der Waals surface area contributed by atoms with Crippen LogP contribution in [0.1, 0.15) is 5.56 Å². The van der Waals surface area contributed by atoms with Crippen molar-refractivity contribution >= 4 is 6.09 Å². The van der Waals surface area contributed by atoms with Crippen LogP contribution in [0.15, 0.2) is 54.9 Å². The molecule has 5 heteroatoms. The fourth-order valence-electron chi connectivity index (χ4n) is 2.46. The first-order valence-corrected chi connectivity index (χ1v) is 7.33. The van der Waals surface area contributed by atoms with E-state index in [2.05, 4.69) is 17.1 Å². The van der Waals surface area contributed by atoms with Crippen LogP contribution in [-0.2, 0) is 11.2 Å². The molecular formula is C17H18N2O3. The molecule has 1 aliphatic rings. The number of benzene rings is 1. The summed E-state index contributed by atoms with van der Waals surface area (Å²) in [5, 5.41) is 0. The third-order valence-electron chi connectivity index (χ3n) is 3.54. The number of morpholine rings is 1. The summed E-state index contributed by atoms with van der Waals surface area (Å²) in [6, 6.07) is 13.6. The molecule has 0 saturated carbocycles. The van der Waals surface area contributed by atoms with E-state index in [1.54, 1.807) is 23.2 Å². The average molecular weight is 298 g/mol. The zero-order valence-electron chi connectivity index (χ0n) is 12.2. The predicted octanol–water partition coefficient (Wildman–Crippen LogP) is 2.52. The van der Waals surface area contributed by atoms with Gasteiger partial charge in [0, 0.05) is 19.2 Å². The highest BCUT2D eigenvalue weighted by Crippen LogP contribution is 2.14. The highest BCUT2D eigenvalue weighted by molar-refractivity contribution is 5.70. The number of pyridine rings is 1. The summed E-state index contributed by atoms with van der Waals surface area (Å²) in [4.78, 5) is 17.8. The normalized spacial score (nSPS) is 18.0. The molecule has 1 fully saturated rings. The van der Waals surface area contributed by atoms with Gasteiger partial charge in [-0.2, -0.15) is 0 Å². The van der Waals surface area contributed by atoms with Crippen molar-refractivity contribution in [3.05, 3.63) is 60.4 Å². The van der Waals surface area contributed by atoms with Gasteiger partial charge in [-0.3, -0.25) is 4.98 Å². The van der Waals surface area contributed by atoms with Gasteiger partial charge in [-0.1, -0.05) is 30.3 Å². The van der Waals surface area contributed by atoms with Crippen LogP contribution in [0, 0.1) is 0 Å². The zero-order chi connectivity index (χ0) is 15.2. The third-order valence-corrected chi connectivity index (χ3v) is 3.54. The van der Waals surface area contributed by atoms with Gasteiger partial charge in [0.15, 0.2) is 5.75 Å². The number of hydrogen-bond acceptors (Lipinski definition) is 4. The first kappa shape index (κ1) is 14.5. The molecule has 2 aromatic rings. The summed E-state index contributed by atoms with van der Waals surface area (Å²) < 4.78 is 11.1. The van der Waals surface area contributed by atoms with Crippen LogP contribution in [0.25, 0.3) is 0 Å². The number of ether oxygens (including phenoxy) is 2. The molecule has 1 atom stereocenters. The van der Waals surface area contributed by atoms with E-state index in [0.717, 1.165) is 6.42 Å². The molecule has 1 unspecified atom stereocenters. The Morgan fingerprint density at radius 3 is 2.91 bits per heavy atom. The highest BCUT2D eigenvalue weighted by atomic mass is 16.6. The first-order chi connectivity index (χ1) is 10.8. The Labute approximate surface area is 129 Å². The lowest BCUT2D eigenvalue weighted by Gasteiger charge is -2.32. The summed E-state index contributed by atoms with van der Waals surface area (Å²) in [6.07, 6.45) is 3.60. The number of hydrogen-bond donors (Lipinski definition) is 0. The van der Waals surface area contributed by atoms with Crippen LogP contribution < -0.4 is 4.74 Å². The molecule has 0 N–H and O–H groups in total. The molecule has 5 nitrogen and oxygen atoms in total. The molecule has 3 rings (SSSR count). The number of rotatable bonds is 3. The van der Waals surface area contributed by atoms with Crippen molar-refractivity contribution in [2.24, 2.45) is 0 Å². The Kier molecular flexibility index (Phi) is 4.65. The second-order valence-electron chi connectivity index (χ2n) is 5.19. The number of aromatic nitrogens is 1. The van der Waals surface area contributed by atoms with E-state index in [0.29, 0.717) is 25.4 Å². The maximum Gasteiger partial charge on any atom is 0.415 e. The van der Waals surface area contributed by atoms with E-state index in [-0.39, 0.29) is 12.2 Å². The summed E-state index contributed by atoms with van der Waals surface area (Å²) >= 11 is 0. The van der Waals surface area contributed by atoms with Gasteiger partial charge < -0.3 is 14.4 Å². The third kappa shape index (κ3) is 3.83. The highest BCUT2D eigenvalue weighted by Gasteiger charge is 2.25. The Hall–Kier alpha value is -2.40. The molecule has 0 spiro atoms. The molecule has 1 aliphatic heterocycles. The van der Waals surface area contributed by atoms with E-state index < -0.39 is 0 Å². The minimum Gasteiger partial charge on any atom is -0.409 e. The van der Waals surface area contributed by atoms with E-state index in [1.807, 2.05) is 18.2 Å². The second-order valence-corrected chi connectivity index (χ2v) is 5.19. The molecule has 0 bridgehead atoms. The van der Waals surface area contributed by atoms with Gasteiger partial charge in [-0.05, 0) is 17.7 Å². The van der Waals surface area contributed by atoms with Crippen molar-refractivity contribution in [2.75, 3.05) is 19.7 Å².